The predicted molar refractivity (Wildman–Crippen MR) is 93.1 cm³/mol. The fourth-order valence-corrected chi connectivity index (χ4v) is 4.18. The summed E-state index contributed by atoms with van der Waals surface area (Å²) in [4.78, 5) is 16.8. The summed E-state index contributed by atoms with van der Waals surface area (Å²) in [6, 6.07) is 7.07. The summed E-state index contributed by atoms with van der Waals surface area (Å²) in [7, 11) is 0. The Morgan fingerprint density at radius 1 is 1.19 bits per heavy atom. The molecule has 3 aromatic rings. The van der Waals surface area contributed by atoms with Crippen molar-refractivity contribution in [3.8, 4) is 17.2 Å². The van der Waals surface area contributed by atoms with Crippen LogP contribution < -0.4 is 5.32 Å². The first-order chi connectivity index (χ1) is 13.0. The minimum Gasteiger partial charge on any atom is -0.505 e. The van der Waals surface area contributed by atoms with Crippen LogP contribution in [0.3, 0.4) is 0 Å². The first-order valence-electron chi connectivity index (χ1n) is 8.88. The van der Waals surface area contributed by atoms with Crippen LogP contribution in [0.25, 0.3) is 22.6 Å². The molecule has 2 N–H and O–H groups in total. The van der Waals surface area contributed by atoms with Gasteiger partial charge in [-0.2, -0.15) is 4.39 Å². The number of aromatic hydroxyl groups is 1. The van der Waals surface area contributed by atoms with Crippen LogP contribution in [0, 0.1) is 23.5 Å². The zero-order chi connectivity index (χ0) is 18.7. The van der Waals surface area contributed by atoms with E-state index >= 15 is 0 Å². The minimum atomic E-state index is -1.32. The Morgan fingerprint density at radius 2 is 2.00 bits per heavy atom. The molecule has 0 aliphatic heterocycles. The molecule has 2 bridgehead atoms. The van der Waals surface area contributed by atoms with E-state index in [1.54, 1.807) is 18.2 Å². The highest BCUT2D eigenvalue weighted by atomic mass is 19.2. The molecule has 2 aromatic carbocycles. The summed E-state index contributed by atoms with van der Waals surface area (Å²) >= 11 is 0. The standard InChI is InChI=1S/C20H16F2N2O3/c21-13-6-12(8-16(25)18(13)22)20-24-15-7-10(1-2-17(15)27-20)19(26)23-14-5-9-3-11(14)4-9/h1-2,6-9,11,14,25H,3-5H2,(H,23,26). The molecule has 5 nitrogen and oxygen atoms in total. The maximum Gasteiger partial charge on any atom is 0.251 e. The third-order valence-electron chi connectivity index (χ3n) is 5.65. The molecule has 0 radical (unpaired) electrons. The highest BCUT2D eigenvalue weighted by molar-refractivity contribution is 5.97. The number of nitrogens with zero attached hydrogens (tertiary/aromatic N) is 1. The number of benzene rings is 2. The number of fused-ring (bicyclic) bond motifs is 2. The summed E-state index contributed by atoms with van der Waals surface area (Å²) < 4.78 is 32.3. The molecular weight excluding hydrogens is 354 g/mol. The topological polar surface area (TPSA) is 75.4 Å². The van der Waals surface area contributed by atoms with Gasteiger partial charge in [-0.05, 0) is 61.4 Å². The van der Waals surface area contributed by atoms with Crippen LogP contribution in [0.2, 0.25) is 0 Å². The van der Waals surface area contributed by atoms with Gasteiger partial charge in [0.2, 0.25) is 5.89 Å². The van der Waals surface area contributed by atoms with E-state index < -0.39 is 17.4 Å². The Balaban J connectivity index is 1.43. The van der Waals surface area contributed by atoms with Crippen LogP contribution in [-0.2, 0) is 0 Å². The van der Waals surface area contributed by atoms with Crippen LogP contribution in [0.1, 0.15) is 29.6 Å². The van der Waals surface area contributed by atoms with E-state index in [-0.39, 0.29) is 23.4 Å². The summed E-state index contributed by atoms with van der Waals surface area (Å²) in [5.41, 5.74) is 1.42. The second-order valence-corrected chi connectivity index (χ2v) is 7.41. The molecule has 1 aromatic heterocycles. The van der Waals surface area contributed by atoms with Gasteiger partial charge in [0.1, 0.15) is 5.52 Å². The van der Waals surface area contributed by atoms with E-state index in [0.717, 1.165) is 24.5 Å². The second-order valence-electron chi connectivity index (χ2n) is 7.41. The third-order valence-corrected chi connectivity index (χ3v) is 5.65. The molecule has 3 aliphatic rings. The molecule has 3 fully saturated rings. The van der Waals surface area contributed by atoms with E-state index in [4.69, 9.17) is 4.42 Å². The van der Waals surface area contributed by atoms with E-state index in [1.807, 2.05) is 0 Å². The highest BCUT2D eigenvalue weighted by Crippen LogP contribution is 2.48. The largest absolute Gasteiger partial charge is 0.505 e. The predicted octanol–water partition coefficient (Wildman–Crippen LogP) is 4.01. The van der Waals surface area contributed by atoms with Gasteiger partial charge in [0.25, 0.3) is 5.91 Å². The number of hydrogen-bond acceptors (Lipinski definition) is 4. The van der Waals surface area contributed by atoms with Crippen molar-refractivity contribution in [2.75, 3.05) is 0 Å². The number of rotatable bonds is 3. The monoisotopic (exact) mass is 370 g/mol. The van der Waals surface area contributed by atoms with Crippen molar-refractivity contribution in [3.63, 3.8) is 0 Å². The lowest BCUT2D eigenvalue weighted by molar-refractivity contribution is 0.0929. The zero-order valence-corrected chi connectivity index (χ0v) is 14.2. The summed E-state index contributed by atoms with van der Waals surface area (Å²) in [6.07, 6.45) is 3.46. The van der Waals surface area contributed by atoms with Crippen LogP contribution >= 0.6 is 0 Å². The molecule has 7 heteroatoms. The van der Waals surface area contributed by atoms with Crippen LogP contribution in [0.15, 0.2) is 34.7 Å². The van der Waals surface area contributed by atoms with Gasteiger partial charge < -0.3 is 14.8 Å². The molecule has 3 saturated carbocycles. The Bertz CT molecular complexity index is 1050. The van der Waals surface area contributed by atoms with Crippen LogP contribution in [0.5, 0.6) is 5.75 Å². The molecule has 6 rings (SSSR count). The van der Waals surface area contributed by atoms with E-state index in [0.29, 0.717) is 22.6 Å². The zero-order valence-electron chi connectivity index (χ0n) is 14.2. The number of amides is 1. The third kappa shape index (κ3) is 2.65. The molecule has 1 unspecified atom stereocenters. The molecule has 27 heavy (non-hydrogen) atoms. The van der Waals surface area contributed by atoms with Gasteiger partial charge in [-0.1, -0.05) is 0 Å². The van der Waals surface area contributed by atoms with Gasteiger partial charge in [-0.25, -0.2) is 9.37 Å². The molecule has 1 amide bonds. The smallest absolute Gasteiger partial charge is 0.251 e. The average Bonchev–Trinajstić information content (AvgIpc) is 3.30. The number of phenols is 1. The SMILES string of the molecule is O=C(NC1CC2CC1C2)c1ccc2oc(-c3cc(O)c(F)c(F)c3)nc2c1. The fraction of sp³-hybridized carbons (Fsp3) is 0.300. The maximum absolute atomic E-state index is 13.5. The van der Waals surface area contributed by atoms with E-state index in [2.05, 4.69) is 10.3 Å². The Kier molecular flexibility index (Phi) is 3.47. The molecule has 0 saturated heterocycles. The molecule has 1 atom stereocenters. The van der Waals surface area contributed by atoms with Crippen LogP contribution in [-0.4, -0.2) is 22.0 Å². The number of halogens is 2. The number of aromatic nitrogens is 1. The maximum atomic E-state index is 13.5. The van der Waals surface area contributed by atoms with Crippen molar-refractivity contribution in [1.29, 1.82) is 0 Å². The van der Waals surface area contributed by atoms with E-state index in [9.17, 15) is 18.7 Å². The van der Waals surface area contributed by atoms with Crippen molar-refractivity contribution in [2.45, 2.75) is 25.3 Å². The first kappa shape index (κ1) is 16.2. The van der Waals surface area contributed by atoms with Gasteiger partial charge in [0.15, 0.2) is 23.0 Å². The first-order valence-corrected chi connectivity index (χ1v) is 8.88. The Hall–Kier alpha value is -2.96. The lowest BCUT2D eigenvalue weighted by atomic mass is 9.84. The Morgan fingerprint density at radius 3 is 2.70 bits per heavy atom. The number of hydrogen-bond donors (Lipinski definition) is 2. The number of nitrogens with one attached hydrogen (secondary N) is 1. The number of carbonyl (C=O) groups is 1. The molecule has 1 heterocycles. The summed E-state index contributed by atoms with van der Waals surface area (Å²) in [5.74, 6) is -2.09. The number of oxazole rings is 1. The summed E-state index contributed by atoms with van der Waals surface area (Å²) in [5, 5.41) is 12.5. The van der Waals surface area contributed by atoms with Crippen molar-refractivity contribution < 1.29 is 23.1 Å². The lowest BCUT2D eigenvalue weighted by Gasteiger charge is -2.24. The number of phenolic OH excluding ortho intramolecular Hbond substituents is 1. The quantitative estimate of drug-likeness (QED) is 0.731. The van der Waals surface area contributed by atoms with Gasteiger partial charge in [-0.15, -0.1) is 0 Å². The van der Waals surface area contributed by atoms with Gasteiger partial charge in [0.05, 0.1) is 0 Å². The van der Waals surface area contributed by atoms with Crippen molar-refractivity contribution in [1.82, 2.24) is 10.3 Å². The molecule has 138 valence electrons. The van der Waals surface area contributed by atoms with Gasteiger partial charge in [-0.3, -0.25) is 4.79 Å². The number of carbonyl (C=O) groups excluding carboxylic acids is 1. The second kappa shape index (κ2) is 5.77. The van der Waals surface area contributed by atoms with Gasteiger partial charge in [0, 0.05) is 17.2 Å². The normalized spacial score (nSPS) is 23.4. The average molecular weight is 370 g/mol. The van der Waals surface area contributed by atoms with Crippen molar-refractivity contribution >= 4 is 17.0 Å². The molecular formula is C20H16F2N2O3. The van der Waals surface area contributed by atoms with E-state index in [1.165, 1.54) is 12.8 Å². The summed E-state index contributed by atoms with van der Waals surface area (Å²) in [6.45, 7) is 0. The Labute approximate surface area is 153 Å². The fourth-order valence-electron chi connectivity index (χ4n) is 4.18. The molecule has 3 aliphatic carbocycles. The van der Waals surface area contributed by atoms with Crippen LogP contribution in [0.4, 0.5) is 8.78 Å². The van der Waals surface area contributed by atoms with Crippen molar-refractivity contribution in [2.24, 2.45) is 11.8 Å². The van der Waals surface area contributed by atoms with Gasteiger partial charge >= 0.3 is 0 Å². The van der Waals surface area contributed by atoms with Crippen molar-refractivity contribution in [3.05, 3.63) is 47.5 Å². The lowest BCUT2D eigenvalue weighted by Crippen LogP contribution is -2.36. The molecule has 0 spiro atoms. The highest BCUT2D eigenvalue weighted by Gasteiger charge is 2.44. The minimum absolute atomic E-state index is 0.0355.